The lowest BCUT2D eigenvalue weighted by Crippen LogP contribution is -2.35. The van der Waals surface area contributed by atoms with Gasteiger partial charge < -0.3 is 5.32 Å². The number of amides is 1. The summed E-state index contributed by atoms with van der Waals surface area (Å²) in [5.74, 6) is -0.595. The number of nitro groups is 1. The fourth-order valence-corrected chi connectivity index (χ4v) is 2.20. The van der Waals surface area contributed by atoms with Crippen LogP contribution in [0.25, 0.3) is 0 Å². The predicted molar refractivity (Wildman–Crippen MR) is 71.9 cm³/mol. The highest BCUT2D eigenvalue weighted by Crippen LogP contribution is 2.34. The van der Waals surface area contributed by atoms with Crippen molar-refractivity contribution in [2.45, 2.75) is 38.6 Å². The lowest BCUT2D eigenvalue weighted by molar-refractivity contribution is -0.385. The number of nitrogens with zero attached hydrogens (tertiary/aromatic N) is 1. The minimum Gasteiger partial charge on any atom is -0.349 e. The fraction of sp³-hybridized carbons (Fsp3) is 0.500. The number of nitrogens with one attached hydrogen (secondary N) is 1. The van der Waals surface area contributed by atoms with Gasteiger partial charge in [0, 0.05) is 12.1 Å². The van der Waals surface area contributed by atoms with E-state index in [1.807, 2.05) is 6.92 Å². The molecular formula is C14H17FN2O3. The van der Waals surface area contributed by atoms with Crippen molar-refractivity contribution in [3.63, 3.8) is 0 Å². The highest BCUT2D eigenvalue weighted by atomic mass is 19.1. The number of halogens is 1. The van der Waals surface area contributed by atoms with Gasteiger partial charge in [-0.1, -0.05) is 19.8 Å². The van der Waals surface area contributed by atoms with E-state index in [1.165, 1.54) is 12.8 Å². The largest absolute Gasteiger partial charge is 0.349 e. The number of rotatable bonds is 6. The summed E-state index contributed by atoms with van der Waals surface area (Å²) in [7, 11) is 0. The average molecular weight is 280 g/mol. The van der Waals surface area contributed by atoms with Crippen molar-refractivity contribution in [3.8, 4) is 0 Å². The normalized spacial score (nSPS) is 15.7. The molecule has 0 aliphatic heterocycles. The van der Waals surface area contributed by atoms with Gasteiger partial charge in [-0.3, -0.25) is 14.9 Å². The molecule has 0 saturated heterocycles. The van der Waals surface area contributed by atoms with Crippen LogP contribution in [0.1, 0.15) is 43.0 Å². The van der Waals surface area contributed by atoms with Gasteiger partial charge in [0.15, 0.2) is 0 Å². The van der Waals surface area contributed by atoms with E-state index in [1.54, 1.807) is 0 Å². The Morgan fingerprint density at radius 1 is 1.55 bits per heavy atom. The number of hydrogen-bond donors (Lipinski definition) is 1. The van der Waals surface area contributed by atoms with Gasteiger partial charge in [0.25, 0.3) is 11.6 Å². The van der Waals surface area contributed by atoms with Crippen LogP contribution in [0.4, 0.5) is 10.1 Å². The van der Waals surface area contributed by atoms with E-state index in [-0.39, 0.29) is 17.3 Å². The van der Waals surface area contributed by atoms with Crippen molar-refractivity contribution >= 4 is 11.6 Å². The van der Waals surface area contributed by atoms with Crippen LogP contribution in [0, 0.1) is 21.8 Å². The Kier molecular flexibility index (Phi) is 4.32. The molecule has 20 heavy (non-hydrogen) atoms. The van der Waals surface area contributed by atoms with E-state index >= 15 is 0 Å². The van der Waals surface area contributed by atoms with Crippen molar-refractivity contribution in [1.29, 1.82) is 0 Å². The van der Waals surface area contributed by atoms with Gasteiger partial charge in [-0.25, -0.2) is 4.39 Å². The van der Waals surface area contributed by atoms with E-state index in [2.05, 4.69) is 5.32 Å². The maximum absolute atomic E-state index is 13.2. The lowest BCUT2D eigenvalue weighted by Gasteiger charge is -2.16. The lowest BCUT2D eigenvalue weighted by atomic mass is 10.1. The Labute approximate surface area is 116 Å². The topological polar surface area (TPSA) is 72.2 Å². The zero-order valence-corrected chi connectivity index (χ0v) is 11.3. The van der Waals surface area contributed by atoms with Crippen LogP contribution >= 0.6 is 0 Å². The number of benzene rings is 1. The number of carbonyl (C=O) groups is 1. The van der Waals surface area contributed by atoms with Crippen LogP contribution in [0.15, 0.2) is 18.2 Å². The Morgan fingerprint density at radius 3 is 2.80 bits per heavy atom. The second kappa shape index (κ2) is 5.98. The molecule has 6 heteroatoms. The molecule has 1 saturated carbocycles. The monoisotopic (exact) mass is 280 g/mol. The van der Waals surface area contributed by atoms with E-state index in [0.717, 1.165) is 31.0 Å². The minimum absolute atomic E-state index is 0.0159. The van der Waals surface area contributed by atoms with Gasteiger partial charge in [0.2, 0.25) is 0 Å². The second-order valence-corrected chi connectivity index (χ2v) is 5.18. The van der Waals surface area contributed by atoms with Gasteiger partial charge in [-0.15, -0.1) is 0 Å². The summed E-state index contributed by atoms with van der Waals surface area (Å²) in [6.45, 7) is 1.95. The summed E-state index contributed by atoms with van der Waals surface area (Å²) >= 11 is 0. The SMILES string of the molecule is CCC(CC1CC1)NC(=O)c1cc(F)ccc1[N+](=O)[O-]. The Hall–Kier alpha value is -1.98. The summed E-state index contributed by atoms with van der Waals surface area (Å²) in [6.07, 6.45) is 3.98. The van der Waals surface area contributed by atoms with Crippen LogP contribution in [0.5, 0.6) is 0 Å². The molecule has 1 aliphatic carbocycles. The molecule has 0 spiro atoms. The van der Waals surface area contributed by atoms with E-state index < -0.39 is 16.6 Å². The van der Waals surface area contributed by atoms with Gasteiger partial charge in [0.05, 0.1) is 4.92 Å². The summed E-state index contributed by atoms with van der Waals surface area (Å²) in [5, 5.41) is 13.7. The highest BCUT2D eigenvalue weighted by molar-refractivity contribution is 5.98. The van der Waals surface area contributed by atoms with Crippen molar-refractivity contribution in [2.75, 3.05) is 0 Å². The standard InChI is InChI=1S/C14H17FN2O3/c1-2-11(7-9-3-4-9)16-14(18)12-8-10(15)5-6-13(12)17(19)20/h5-6,8-9,11H,2-4,7H2,1H3,(H,16,18). The first-order valence-electron chi connectivity index (χ1n) is 6.76. The molecule has 1 amide bonds. The second-order valence-electron chi connectivity index (χ2n) is 5.18. The molecule has 0 bridgehead atoms. The molecule has 1 aromatic rings. The third kappa shape index (κ3) is 3.53. The number of hydrogen-bond acceptors (Lipinski definition) is 3. The summed E-state index contributed by atoms with van der Waals surface area (Å²) in [4.78, 5) is 22.3. The molecule has 1 atom stereocenters. The van der Waals surface area contributed by atoms with E-state index in [4.69, 9.17) is 0 Å². The van der Waals surface area contributed by atoms with Crippen molar-refractivity contribution < 1.29 is 14.1 Å². The first-order chi connectivity index (χ1) is 9.51. The molecule has 1 unspecified atom stereocenters. The molecular weight excluding hydrogens is 263 g/mol. The van der Waals surface area contributed by atoms with Gasteiger partial charge >= 0.3 is 0 Å². The summed E-state index contributed by atoms with van der Waals surface area (Å²) in [5.41, 5.74) is -0.588. The molecule has 1 aliphatic rings. The Morgan fingerprint density at radius 2 is 2.25 bits per heavy atom. The molecule has 1 aromatic carbocycles. The zero-order chi connectivity index (χ0) is 14.7. The molecule has 0 heterocycles. The van der Waals surface area contributed by atoms with Crippen LogP contribution in [0.3, 0.4) is 0 Å². The Bertz CT molecular complexity index is 529. The van der Waals surface area contributed by atoms with E-state index in [9.17, 15) is 19.3 Å². The van der Waals surface area contributed by atoms with Crippen LogP contribution in [-0.4, -0.2) is 16.9 Å². The van der Waals surface area contributed by atoms with Crippen molar-refractivity contribution in [2.24, 2.45) is 5.92 Å². The number of nitro benzene ring substituents is 1. The first kappa shape index (κ1) is 14.4. The highest BCUT2D eigenvalue weighted by Gasteiger charge is 2.27. The first-order valence-corrected chi connectivity index (χ1v) is 6.76. The zero-order valence-electron chi connectivity index (χ0n) is 11.3. The molecule has 108 valence electrons. The molecule has 0 radical (unpaired) electrons. The van der Waals surface area contributed by atoms with Gasteiger partial charge in [-0.2, -0.15) is 0 Å². The maximum atomic E-state index is 13.2. The smallest absolute Gasteiger partial charge is 0.282 e. The van der Waals surface area contributed by atoms with Gasteiger partial charge in [-0.05, 0) is 30.9 Å². The van der Waals surface area contributed by atoms with Crippen LogP contribution in [-0.2, 0) is 0 Å². The number of carbonyl (C=O) groups excluding carboxylic acids is 1. The predicted octanol–water partition coefficient (Wildman–Crippen LogP) is 3.04. The fourth-order valence-electron chi connectivity index (χ4n) is 2.20. The average Bonchev–Trinajstić information content (AvgIpc) is 3.21. The van der Waals surface area contributed by atoms with Crippen molar-refractivity contribution in [1.82, 2.24) is 5.32 Å². The summed E-state index contributed by atoms with van der Waals surface area (Å²) < 4.78 is 13.2. The minimum atomic E-state index is -0.670. The van der Waals surface area contributed by atoms with Crippen LogP contribution < -0.4 is 5.32 Å². The third-order valence-electron chi connectivity index (χ3n) is 3.54. The Balaban J connectivity index is 2.14. The molecule has 1 N–H and O–H groups in total. The summed E-state index contributed by atoms with van der Waals surface area (Å²) in [6, 6.07) is 2.90. The molecule has 5 nitrogen and oxygen atoms in total. The maximum Gasteiger partial charge on any atom is 0.282 e. The van der Waals surface area contributed by atoms with Gasteiger partial charge in [0.1, 0.15) is 11.4 Å². The third-order valence-corrected chi connectivity index (χ3v) is 3.54. The molecule has 1 fully saturated rings. The quantitative estimate of drug-likeness (QED) is 0.643. The van der Waals surface area contributed by atoms with Crippen LogP contribution in [0.2, 0.25) is 0 Å². The molecule has 2 rings (SSSR count). The van der Waals surface area contributed by atoms with Crippen molar-refractivity contribution in [3.05, 3.63) is 39.7 Å². The van der Waals surface area contributed by atoms with E-state index in [0.29, 0.717) is 5.92 Å². The molecule has 0 aromatic heterocycles.